The lowest BCUT2D eigenvalue weighted by atomic mass is 9.88. The van der Waals surface area contributed by atoms with Gasteiger partial charge in [-0.1, -0.05) is 13.8 Å². The lowest BCUT2D eigenvalue weighted by molar-refractivity contribution is -0.117. The molecule has 3 heterocycles. The molecule has 4 rings (SSSR count). The van der Waals surface area contributed by atoms with E-state index < -0.39 is 0 Å². The lowest BCUT2D eigenvalue weighted by Gasteiger charge is -2.17. The molecule has 5 heteroatoms. The average molecular weight is 338 g/mol. The van der Waals surface area contributed by atoms with Crippen LogP contribution in [0.15, 0.2) is 24.5 Å². The summed E-state index contributed by atoms with van der Waals surface area (Å²) < 4.78 is 1.95. The smallest absolute Gasteiger partial charge is 0.228 e. The molecule has 0 bridgehead atoms. The van der Waals surface area contributed by atoms with Crippen LogP contribution < -0.4 is 4.90 Å². The molecule has 1 aliphatic carbocycles. The molecule has 5 nitrogen and oxygen atoms in total. The molecule has 1 unspecified atom stereocenters. The Hall–Kier alpha value is -2.17. The minimum absolute atomic E-state index is 0.172. The van der Waals surface area contributed by atoms with Gasteiger partial charge in [0.2, 0.25) is 5.91 Å². The molecule has 0 aromatic carbocycles. The van der Waals surface area contributed by atoms with E-state index in [0.29, 0.717) is 6.42 Å². The van der Waals surface area contributed by atoms with Crippen LogP contribution in [0.25, 0.3) is 5.69 Å². The van der Waals surface area contributed by atoms with Gasteiger partial charge in [-0.15, -0.1) is 0 Å². The van der Waals surface area contributed by atoms with Crippen molar-refractivity contribution in [2.75, 3.05) is 11.4 Å². The van der Waals surface area contributed by atoms with Crippen molar-refractivity contribution in [3.8, 4) is 5.69 Å². The van der Waals surface area contributed by atoms with E-state index in [0.717, 1.165) is 49.1 Å². The first-order chi connectivity index (χ1) is 12.1. The Morgan fingerprint density at radius 1 is 1.16 bits per heavy atom. The van der Waals surface area contributed by atoms with Gasteiger partial charge < -0.3 is 0 Å². The van der Waals surface area contributed by atoms with E-state index in [1.807, 2.05) is 23.0 Å². The molecule has 0 N–H and O–H groups in total. The molecule has 1 aliphatic heterocycles. The van der Waals surface area contributed by atoms with Crippen molar-refractivity contribution in [2.24, 2.45) is 11.8 Å². The van der Waals surface area contributed by atoms with Crippen molar-refractivity contribution >= 4 is 11.7 Å². The summed E-state index contributed by atoms with van der Waals surface area (Å²) in [7, 11) is 0. The molecule has 1 atom stereocenters. The predicted octanol–water partition coefficient (Wildman–Crippen LogP) is 3.55. The van der Waals surface area contributed by atoms with Crippen molar-refractivity contribution in [2.45, 2.75) is 52.4 Å². The number of rotatable bonds is 3. The zero-order valence-electron chi connectivity index (χ0n) is 15.1. The second kappa shape index (κ2) is 6.62. The minimum Gasteiger partial charge on any atom is -0.297 e. The number of hydrogen-bond donors (Lipinski definition) is 0. The standard InChI is InChI=1S/C20H26N4O/c1-14(2)15-5-6-16-13-24(22-18(16)9-7-15)17-8-10-19(21-12-17)23-11-3-4-20(23)25/h8,10,12-15H,3-7,9,11H2,1-2H3. The molecule has 1 fully saturated rings. The van der Waals surface area contributed by atoms with Gasteiger partial charge in [0.05, 0.1) is 17.6 Å². The topological polar surface area (TPSA) is 51.0 Å². The quantitative estimate of drug-likeness (QED) is 0.804. The fourth-order valence-electron chi connectivity index (χ4n) is 4.03. The third-order valence-electron chi connectivity index (χ3n) is 5.70. The van der Waals surface area contributed by atoms with Crippen LogP contribution in [0.1, 0.15) is 50.8 Å². The number of carbonyl (C=O) groups is 1. The largest absolute Gasteiger partial charge is 0.297 e. The molecular formula is C20H26N4O. The van der Waals surface area contributed by atoms with Crippen LogP contribution in [0, 0.1) is 11.8 Å². The summed E-state index contributed by atoms with van der Waals surface area (Å²) >= 11 is 0. The maximum Gasteiger partial charge on any atom is 0.228 e. The monoisotopic (exact) mass is 338 g/mol. The van der Waals surface area contributed by atoms with Crippen LogP contribution in [0.4, 0.5) is 5.82 Å². The van der Waals surface area contributed by atoms with Gasteiger partial charge in [0.25, 0.3) is 0 Å². The van der Waals surface area contributed by atoms with E-state index in [2.05, 4.69) is 25.0 Å². The zero-order valence-corrected chi connectivity index (χ0v) is 15.1. The lowest BCUT2D eigenvalue weighted by Crippen LogP contribution is -2.24. The van der Waals surface area contributed by atoms with Gasteiger partial charge >= 0.3 is 0 Å². The number of nitrogens with zero attached hydrogens (tertiary/aromatic N) is 4. The Morgan fingerprint density at radius 3 is 2.68 bits per heavy atom. The molecular weight excluding hydrogens is 312 g/mol. The Labute approximate surface area is 149 Å². The molecule has 2 aromatic rings. The highest BCUT2D eigenvalue weighted by Gasteiger charge is 2.23. The number of anilines is 1. The average Bonchev–Trinajstić information content (AvgIpc) is 3.16. The summed E-state index contributed by atoms with van der Waals surface area (Å²) in [6.45, 7) is 5.43. The Balaban J connectivity index is 1.52. The van der Waals surface area contributed by atoms with Gasteiger partial charge in [-0.05, 0) is 61.6 Å². The number of carbonyl (C=O) groups excluding carboxylic acids is 1. The van der Waals surface area contributed by atoms with E-state index in [9.17, 15) is 4.79 Å². The molecule has 2 aliphatic rings. The van der Waals surface area contributed by atoms with Crippen LogP contribution >= 0.6 is 0 Å². The first-order valence-corrected chi connectivity index (χ1v) is 9.46. The fourth-order valence-corrected chi connectivity index (χ4v) is 4.03. The summed E-state index contributed by atoms with van der Waals surface area (Å²) in [6.07, 6.45) is 10.2. The molecule has 0 saturated carbocycles. The summed E-state index contributed by atoms with van der Waals surface area (Å²) in [4.78, 5) is 18.1. The van der Waals surface area contributed by atoms with E-state index in [1.54, 1.807) is 4.90 Å². The normalized spacial score (nSPS) is 20.8. The number of aromatic nitrogens is 3. The molecule has 1 saturated heterocycles. The van der Waals surface area contributed by atoms with Crippen LogP contribution in [0.3, 0.4) is 0 Å². The summed E-state index contributed by atoms with van der Waals surface area (Å²) in [5.74, 6) is 2.48. The van der Waals surface area contributed by atoms with Crippen LogP contribution in [0.5, 0.6) is 0 Å². The van der Waals surface area contributed by atoms with Gasteiger partial charge in [0, 0.05) is 19.2 Å². The number of amides is 1. The van der Waals surface area contributed by atoms with Crippen molar-refractivity contribution < 1.29 is 4.79 Å². The highest BCUT2D eigenvalue weighted by atomic mass is 16.2. The predicted molar refractivity (Wildman–Crippen MR) is 97.9 cm³/mol. The van der Waals surface area contributed by atoms with E-state index in [1.165, 1.54) is 24.1 Å². The third-order valence-corrected chi connectivity index (χ3v) is 5.70. The first kappa shape index (κ1) is 16.3. The minimum atomic E-state index is 0.172. The van der Waals surface area contributed by atoms with E-state index >= 15 is 0 Å². The fraction of sp³-hybridized carbons (Fsp3) is 0.550. The Bertz CT molecular complexity index is 737. The number of pyridine rings is 1. The van der Waals surface area contributed by atoms with Crippen LogP contribution in [0.2, 0.25) is 0 Å². The first-order valence-electron chi connectivity index (χ1n) is 9.46. The summed E-state index contributed by atoms with van der Waals surface area (Å²) in [6, 6.07) is 3.94. The molecule has 2 aromatic heterocycles. The van der Waals surface area contributed by atoms with Crippen molar-refractivity contribution in [1.82, 2.24) is 14.8 Å². The SMILES string of the molecule is CC(C)C1CCc2cn(-c3ccc(N4CCCC4=O)nc3)nc2CC1. The van der Waals surface area contributed by atoms with Crippen molar-refractivity contribution in [1.29, 1.82) is 0 Å². The summed E-state index contributed by atoms with van der Waals surface area (Å²) in [5, 5.41) is 4.81. The Kier molecular flexibility index (Phi) is 4.32. The van der Waals surface area contributed by atoms with Gasteiger partial charge in [-0.25, -0.2) is 9.67 Å². The molecule has 0 spiro atoms. The molecule has 1 amide bonds. The highest BCUT2D eigenvalue weighted by Crippen LogP contribution is 2.29. The van der Waals surface area contributed by atoms with E-state index in [4.69, 9.17) is 5.10 Å². The maximum absolute atomic E-state index is 11.8. The van der Waals surface area contributed by atoms with Gasteiger partial charge in [0.15, 0.2) is 0 Å². The molecule has 132 valence electrons. The second-order valence-corrected chi connectivity index (χ2v) is 7.65. The van der Waals surface area contributed by atoms with Crippen molar-refractivity contribution in [3.63, 3.8) is 0 Å². The zero-order chi connectivity index (χ0) is 17.4. The van der Waals surface area contributed by atoms with Gasteiger partial charge in [-0.2, -0.15) is 5.10 Å². The summed E-state index contributed by atoms with van der Waals surface area (Å²) in [5.41, 5.74) is 3.58. The Morgan fingerprint density at radius 2 is 2.00 bits per heavy atom. The third kappa shape index (κ3) is 3.20. The molecule has 0 radical (unpaired) electrons. The van der Waals surface area contributed by atoms with Crippen LogP contribution in [-0.2, 0) is 17.6 Å². The number of hydrogen-bond acceptors (Lipinski definition) is 3. The van der Waals surface area contributed by atoms with Gasteiger partial charge in [0.1, 0.15) is 5.82 Å². The second-order valence-electron chi connectivity index (χ2n) is 7.65. The number of fused-ring (bicyclic) bond motifs is 1. The van der Waals surface area contributed by atoms with Crippen molar-refractivity contribution in [3.05, 3.63) is 35.8 Å². The molecule has 25 heavy (non-hydrogen) atoms. The maximum atomic E-state index is 11.8. The van der Waals surface area contributed by atoms with E-state index in [-0.39, 0.29) is 5.91 Å². The number of aryl methyl sites for hydroxylation is 2. The highest BCUT2D eigenvalue weighted by molar-refractivity contribution is 5.94. The van der Waals surface area contributed by atoms with Gasteiger partial charge in [-0.3, -0.25) is 9.69 Å². The van der Waals surface area contributed by atoms with Crippen LogP contribution in [-0.4, -0.2) is 27.2 Å².